The minimum atomic E-state index is 0.312. The lowest BCUT2D eigenvalue weighted by Gasteiger charge is -2.32. The molecule has 1 aliphatic heterocycles. The zero-order chi connectivity index (χ0) is 16.7. The number of aromatic hydroxyl groups is 1. The Labute approximate surface area is 150 Å². The largest absolute Gasteiger partial charge is 0.507 e. The fraction of sp³-hybridized carbons (Fsp3) is 0.421. The van der Waals surface area contributed by atoms with Crippen LogP contribution in [-0.2, 0) is 11.3 Å². The van der Waals surface area contributed by atoms with E-state index in [1.54, 1.807) is 6.07 Å². The highest BCUT2D eigenvalue weighted by Crippen LogP contribution is 2.31. The number of hydrogen-bond acceptors (Lipinski definition) is 2. The van der Waals surface area contributed by atoms with E-state index in [9.17, 15) is 9.90 Å². The molecule has 0 atom stereocenters. The number of carbonyl (C=O) groups excluding carboxylic acids is 1. The molecule has 126 valence electrons. The van der Waals surface area contributed by atoms with Gasteiger partial charge in [-0.15, -0.1) is 0 Å². The van der Waals surface area contributed by atoms with E-state index in [1.165, 1.54) is 4.90 Å². The van der Waals surface area contributed by atoms with Crippen LogP contribution in [0.2, 0.25) is 0 Å². The van der Waals surface area contributed by atoms with Gasteiger partial charge in [-0.05, 0) is 41.8 Å². The van der Waals surface area contributed by atoms with E-state index < -0.39 is 0 Å². The fourth-order valence-corrected chi connectivity index (χ4v) is 3.98. The number of phenols is 1. The van der Waals surface area contributed by atoms with E-state index in [0.717, 1.165) is 66.4 Å². The number of carbonyl (C=O) groups is 1. The molecule has 5 heteroatoms. The molecule has 2 aliphatic rings. The predicted molar refractivity (Wildman–Crippen MR) is 97.0 cm³/mol. The molecule has 0 radical (unpaired) electrons. The summed E-state index contributed by atoms with van der Waals surface area (Å²) in [5, 5.41) is 12.6. The van der Waals surface area contributed by atoms with Crippen LogP contribution in [0.25, 0.3) is 10.8 Å². The number of rotatable bonds is 3. The summed E-state index contributed by atoms with van der Waals surface area (Å²) in [6.07, 6.45) is 2.15. The number of benzene rings is 2. The van der Waals surface area contributed by atoms with Gasteiger partial charge in [-0.2, -0.15) is 0 Å². The van der Waals surface area contributed by atoms with Gasteiger partial charge in [-0.3, -0.25) is 4.79 Å². The van der Waals surface area contributed by atoms with Gasteiger partial charge in [-0.25, -0.2) is 0 Å². The Morgan fingerprint density at radius 3 is 2.67 bits per heavy atom. The van der Waals surface area contributed by atoms with Gasteiger partial charge >= 0.3 is 0 Å². The van der Waals surface area contributed by atoms with Gasteiger partial charge in [0.1, 0.15) is 12.3 Å². The second-order valence-corrected chi connectivity index (χ2v) is 7.87. The number of amides is 1. The molecule has 2 N–H and O–H groups in total. The van der Waals surface area contributed by atoms with Gasteiger partial charge in [0.25, 0.3) is 0 Å². The zero-order valence-corrected chi connectivity index (χ0v) is 15.2. The molecule has 1 saturated heterocycles. The first-order chi connectivity index (χ1) is 11.6. The highest BCUT2D eigenvalue weighted by Gasteiger charge is 2.35. The molecule has 2 fully saturated rings. The predicted octanol–water partition coefficient (Wildman–Crippen LogP) is 1.95. The van der Waals surface area contributed by atoms with Crippen molar-refractivity contribution in [1.29, 1.82) is 0 Å². The van der Waals surface area contributed by atoms with Gasteiger partial charge in [0.05, 0.1) is 31.7 Å². The second-order valence-electron chi connectivity index (χ2n) is 6.96. The van der Waals surface area contributed by atoms with Crippen LogP contribution in [0.1, 0.15) is 18.4 Å². The van der Waals surface area contributed by atoms with Crippen molar-refractivity contribution in [2.75, 3.05) is 26.2 Å². The number of halogens is 1. The van der Waals surface area contributed by atoms with Gasteiger partial charge in [-0.1, -0.05) is 28.1 Å². The quantitative estimate of drug-likeness (QED) is 0.842. The minimum absolute atomic E-state index is 0.312. The van der Waals surface area contributed by atoms with Crippen LogP contribution >= 0.6 is 15.9 Å². The summed E-state index contributed by atoms with van der Waals surface area (Å²) in [5.41, 5.74) is 1.01. The van der Waals surface area contributed by atoms with Gasteiger partial charge in [0, 0.05) is 10.4 Å². The van der Waals surface area contributed by atoms with E-state index in [1.807, 2.05) is 17.0 Å². The monoisotopic (exact) mass is 389 g/mol. The topological polar surface area (TPSA) is 45.0 Å². The van der Waals surface area contributed by atoms with Crippen molar-refractivity contribution in [3.05, 3.63) is 40.4 Å². The van der Waals surface area contributed by atoms with Crippen molar-refractivity contribution < 1.29 is 14.8 Å². The maximum absolute atomic E-state index is 12.2. The molecule has 4 rings (SSSR count). The summed E-state index contributed by atoms with van der Waals surface area (Å²) in [6, 6.07) is 9.92. The van der Waals surface area contributed by atoms with Crippen LogP contribution in [0.3, 0.4) is 0 Å². The average molecular weight is 390 g/mol. The zero-order valence-electron chi connectivity index (χ0n) is 13.6. The van der Waals surface area contributed by atoms with Crippen LogP contribution in [0, 0.1) is 5.92 Å². The summed E-state index contributed by atoms with van der Waals surface area (Å²) in [6.45, 7) is 4.37. The first-order valence-corrected chi connectivity index (χ1v) is 9.43. The maximum atomic E-state index is 12.2. The molecule has 1 saturated carbocycles. The van der Waals surface area contributed by atoms with Crippen molar-refractivity contribution in [2.45, 2.75) is 19.4 Å². The van der Waals surface area contributed by atoms with E-state index in [-0.39, 0.29) is 0 Å². The minimum Gasteiger partial charge on any atom is -0.507 e. The van der Waals surface area contributed by atoms with Crippen LogP contribution in [0.15, 0.2) is 34.8 Å². The Bertz CT molecular complexity index is 780. The highest BCUT2D eigenvalue weighted by molar-refractivity contribution is 9.10. The highest BCUT2D eigenvalue weighted by atomic mass is 79.9. The summed E-state index contributed by atoms with van der Waals surface area (Å²) in [5.74, 6) is 1.04. The number of piperazine rings is 1. The lowest BCUT2D eigenvalue weighted by molar-refractivity contribution is -0.917. The van der Waals surface area contributed by atoms with Crippen molar-refractivity contribution in [2.24, 2.45) is 5.92 Å². The molecular weight excluding hydrogens is 368 g/mol. The standard InChI is InChI=1S/C19H21BrN2O2/c20-15-4-5-16-14(11-15)3-6-18(23)17(16)12-21-7-9-22(10-8-21)19(24)13-1-2-13/h3-6,11,13,23H,1-2,7-10,12H2/p+1. The molecule has 1 amide bonds. The van der Waals surface area contributed by atoms with Crippen molar-refractivity contribution in [1.82, 2.24) is 4.90 Å². The molecule has 4 nitrogen and oxygen atoms in total. The number of fused-ring (bicyclic) bond motifs is 1. The molecule has 0 aromatic heterocycles. The molecule has 24 heavy (non-hydrogen) atoms. The van der Waals surface area contributed by atoms with Crippen LogP contribution in [0.5, 0.6) is 5.75 Å². The normalized spacial score (nSPS) is 19.0. The number of nitrogens with zero attached hydrogens (tertiary/aromatic N) is 1. The number of phenolic OH excluding ortho intramolecular Hbond substituents is 1. The number of hydrogen-bond donors (Lipinski definition) is 2. The van der Waals surface area contributed by atoms with Crippen molar-refractivity contribution in [3.8, 4) is 5.75 Å². The maximum Gasteiger partial charge on any atom is 0.226 e. The fourth-order valence-electron chi connectivity index (χ4n) is 3.60. The summed E-state index contributed by atoms with van der Waals surface area (Å²) < 4.78 is 1.05. The third-order valence-corrected chi connectivity index (χ3v) is 5.70. The van der Waals surface area contributed by atoms with Crippen molar-refractivity contribution >= 4 is 32.6 Å². The van der Waals surface area contributed by atoms with E-state index in [4.69, 9.17) is 0 Å². The molecule has 1 heterocycles. The second kappa shape index (κ2) is 6.37. The van der Waals surface area contributed by atoms with Gasteiger partial charge < -0.3 is 14.9 Å². The third kappa shape index (κ3) is 3.15. The summed E-state index contributed by atoms with van der Waals surface area (Å²) in [4.78, 5) is 15.6. The lowest BCUT2D eigenvalue weighted by atomic mass is 10.0. The third-order valence-electron chi connectivity index (χ3n) is 5.20. The van der Waals surface area contributed by atoms with E-state index in [2.05, 4.69) is 28.1 Å². The summed E-state index contributed by atoms with van der Waals surface area (Å²) >= 11 is 3.51. The number of quaternary nitrogens is 1. The SMILES string of the molecule is O=C(C1CC1)N1CC[NH+](Cc2c(O)ccc3cc(Br)ccc23)CC1. The molecule has 2 aromatic carbocycles. The molecule has 0 bridgehead atoms. The number of nitrogens with one attached hydrogen (secondary N) is 1. The Balaban J connectivity index is 1.49. The van der Waals surface area contributed by atoms with Crippen LogP contribution in [0.4, 0.5) is 0 Å². The molecule has 1 aliphatic carbocycles. The smallest absolute Gasteiger partial charge is 0.226 e. The Morgan fingerprint density at radius 2 is 1.96 bits per heavy atom. The Hall–Kier alpha value is -1.59. The van der Waals surface area contributed by atoms with Gasteiger partial charge in [0.2, 0.25) is 5.91 Å². The van der Waals surface area contributed by atoms with E-state index in [0.29, 0.717) is 17.6 Å². The van der Waals surface area contributed by atoms with E-state index >= 15 is 0 Å². The van der Waals surface area contributed by atoms with Crippen LogP contribution < -0.4 is 4.90 Å². The molecular formula is C19H22BrN2O2+. The van der Waals surface area contributed by atoms with Crippen LogP contribution in [-0.4, -0.2) is 42.1 Å². The Kier molecular flexibility index (Phi) is 4.22. The first-order valence-electron chi connectivity index (χ1n) is 8.64. The summed E-state index contributed by atoms with van der Waals surface area (Å²) in [7, 11) is 0. The molecule has 0 spiro atoms. The average Bonchev–Trinajstić information content (AvgIpc) is 3.42. The van der Waals surface area contributed by atoms with Gasteiger partial charge in [0.15, 0.2) is 0 Å². The van der Waals surface area contributed by atoms with Crippen molar-refractivity contribution in [3.63, 3.8) is 0 Å². The molecule has 0 unspecified atom stereocenters. The first kappa shape index (κ1) is 15.9. The lowest BCUT2D eigenvalue weighted by Crippen LogP contribution is -3.13. The molecule has 2 aromatic rings. The Morgan fingerprint density at radius 1 is 1.21 bits per heavy atom.